The molecule has 1 saturated carbocycles. The Hall–Kier alpha value is -1.53. The molecule has 0 amide bonds. The molecular formula is C14H18N2O. The summed E-state index contributed by atoms with van der Waals surface area (Å²) in [4.78, 5) is 0. The monoisotopic (exact) mass is 230 g/mol. The van der Waals surface area contributed by atoms with E-state index in [1.807, 2.05) is 24.3 Å². The van der Waals surface area contributed by atoms with Crippen molar-refractivity contribution in [2.24, 2.45) is 5.92 Å². The van der Waals surface area contributed by atoms with Crippen LogP contribution in [-0.2, 0) is 6.54 Å². The van der Waals surface area contributed by atoms with E-state index in [4.69, 9.17) is 10.00 Å². The average Bonchev–Trinajstić information content (AvgIpc) is 3.17. The van der Waals surface area contributed by atoms with Gasteiger partial charge in [0.2, 0.25) is 0 Å². The zero-order chi connectivity index (χ0) is 11.9. The molecule has 1 aromatic carbocycles. The second-order valence-corrected chi connectivity index (χ2v) is 4.50. The van der Waals surface area contributed by atoms with Crippen LogP contribution in [0.25, 0.3) is 0 Å². The SMILES string of the molecule is N#CCOc1cccc(CNCCC2CC2)c1. The van der Waals surface area contributed by atoms with E-state index < -0.39 is 0 Å². The minimum atomic E-state index is 0.110. The molecule has 17 heavy (non-hydrogen) atoms. The molecule has 90 valence electrons. The smallest absolute Gasteiger partial charge is 0.174 e. The van der Waals surface area contributed by atoms with Gasteiger partial charge in [-0.25, -0.2) is 0 Å². The lowest BCUT2D eigenvalue weighted by Gasteiger charge is -2.06. The predicted molar refractivity (Wildman–Crippen MR) is 66.6 cm³/mol. The Labute approximate surface area is 102 Å². The van der Waals surface area contributed by atoms with Crippen molar-refractivity contribution < 1.29 is 4.74 Å². The Morgan fingerprint density at radius 2 is 2.29 bits per heavy atom. The average molecular weight is 230 g/mol. The molecule has 0 heterocycles. The van der Waals surface area contributed by atoms with Gasteiger partial charge < -0.3 is 10.1 Å². The number of ether oxygens (including phenoxy) is 1. The van der Waals surface area contributed by atoms with Crippen LogP contribution in [0.4, 0.5) is 0 Å². The maximum absolute atomic E-state index is 8.44. The van der Waals surface area contributed by atoms with E-state index in [2.05, 4.69) is 11.4 Å². The molecule has 3 heteroatoms. The highest BCUT2D eigenvalue weighted by molar-refractivity contribution is 5.28. The molecule has 1 N–H and O–H groups in total. The molecule has 2 rings (SSSR count). The first-order valence-electron chi connectivity index (χ1n) is 6.18. The van der Waals surface area contributed by atoms with E-state index in [1.165, 1.54) is 24.8 Å². The van der Waals surface area contributed by atoms with Crippen LogP contribution in [0.1, 0.15) is 24.8 Å². The third-order valence-corrected chi connectivity index (χ3v) is 2.96. The summed E-state index contributed by atoms with van der Waals surface area (Å²) >= 11 is 0. The van der Waals surface area contributed by atoms with Crippen LogP contribution in [0.3, 0.4) is 0 Å². The summed E-state index contributed by atoms with van der Waals surface area (Å²) in [5.41, 5.74) is 1.20. The maximum atomic E-state index is 8.44. The molecular weight excluding hydrogens is 212 g/mol. The number of nitriles is 1. The van der Waals surface area contributed by atoms with Crippen LogP contribution in [0, 0.1) is 17.2 Å². The van der Waals surface area contributed by atoms with Gasteiger partial charge in [0, 0.05) is 6.54 Å². The lowest BCUT2D eigenvalue weighted by molar-refractivity contribution is 0.367. The first-order valence-corrected chi connectivity index (χ1v) is 6.18. The molecule has 0 unspecified atom stereocenters. The van der Waals surface area contributed by atoms with Crippen LogP contribution in [-0.4, -0.2) is 13.2 Å². The lowest BCUT2D eigenvalue weighted by Crippen LogP contribution is -2.15. The third kappa shape index (κ3) is 4.46. The fourth-order valence-electron chi connectivity index (χ4n) is 1.81. The summed E-state index contributed by atoms with van der Waals surface area (Å²) in [5, 5.41) is 11.9. The van der Waals surface area contributed by atoms with E-state index in [1.54, 1.807) is 0 Å². The summed E-state index contributed by atoms with van der Waals surface area (Å²) in [6.45, 7) is 2.07. The molecule has 0 spiro atoms. The third-order valence-electron chi connectivity index (χ3n) is 2.96. The molecule has 1 fully saturated rings. The summed E-state index contributed by atoms with van der Waals surface area (Å²) in [6.07, 6.45) is 4.13. The van der Waals surface area contributed by atoms with Gasteiger partial charge in [-0.15, -0.1) is 0 Å². The standard InChI is InChI=1S/C14H18N2O/c15-7-9-17-14-3-1-2-13(10-14)11-16-8-6-12-4-5-12/h1-3,10,12,16H,4-6,8-9,11H2. The summed E-state index contributed by atoms with van der Waals surface area (Å²) in [7, 11) is 0. The number of nitrogens with zero attached hydrogens (tertiary/aromatic N) is 1. The van der Waals surface area contributed by atoms with Gasteiger partial charge in [-0.1, -0.05) is 25.0 Å². The molecule has 0 radical (unpaired) electrons. The highest BCUT2D eigenvalue weighted by Gasteiger charge is 2.19. The van der Waals surface area contributed by atoms with E-state index in [0.717, 1.165) is 24.8 Å². The minimum Gasteiger partial charge on any atom is -0.479 e. The molecule has 1 aliphatic rings. The number of nitrogens with one attached hydrogen (secondary N) is 1. The van der Waals surface area contributed by atoms with Crippen molar-refractivity contribution in [2.75, 3.05) is 13.2 Å². The Balaban J connectivity index is 1.72. The lowest BCUT2D eigenvalue weighted by atomic mass is 10.2. The first-order chi connectivity index (χ1) is 8.38. The van der Waals surface area contributed by atoms with Crippen molar-refractivity contribution in [3.63, 3.8) is 0 Å². The fraction of sp³-hybridized carbons (Fsp3) is 0.500. The normalized spacial score (nSPS) is 14.3. The molecule has 0 aliphatic heterocycles. The molecule has 0 aromatic heterocycles. The molecule has 0 bridgehead atoms. The zero-order valence-electron chi connectivity index (χ0n) is 9.98. The highest BCUT2D eigenvalue weighted by atomic mass is 16.5. The second kappa shape index (κ2) is 6.27. The molecule has 3 nitrogen and oxygen atoms in total. The zero-order valence-corrected chi connectivity index (χ0v) is 9.98. The van der Waals surface area contributed by atoms with Crippen LogP contribution in [0.2, 0.25) is 0 Å². The van der Waals surface area contributed by atoms with Gasteiger partial charge in [-0.05, 0) is 36.6 Å². The first kappa shape index (κ1) is 11.9. The van der Waals surface area contributed by atoms with Gasteiger partial charge >= 0.3 is 0 Å². The van der Waals surface area contributed by atoms with Gasteiger partial charge in [-0.2, -0.15) is 5.26 Å². The Morgan fingerprint density at radius 1 is 1.41 bits per heavy atom. The number of hydrogen-bond donors (Lipinski definition) is 1. The van der Waals surface area contributed by atoms with E-state index in [-0.39, 0.29) is 6.61 Å². The van der Waals surface area contributed by atoms with Gasteiger partial charge in [0.05, 0.1) is 0 Å². The Bertz CT molecular complexity index is 393. The Morgan fingerprint density at radius 3 is 3.06 bits per heavy atom. The van der Waals surface area contributed by atoms with Crippen LogP contribution in [0.5, 0.6) is 5.75 Å². The van der Waals surface area contributed by atoms with Crippen LogP contribution >= 0.6 is 0 Å². The molecule has 0 atom stereocenters. The topological polar surface area (TPSA) is 45.0 Å². The van der Waals surface area contributed by atoms with Gasteiger partial charge in [-0.3, -0.25) is 0 Å². The summed E-state index contributed by atoms with van der Waals surface area (Å²) in [5.74, 6) is 1.75. The van der Waals surface area contributed by atoms with Crippen molar-refractivity contribution in [2.45, 2.75) is 25.8 Å². The van der Waals surface area contributed by atoms with Gasteiger partial charge in [0.15, 0.2) is 6.61 Å². The fourth-order valence-corrected chi connectivity index (χ4v) is 1.81. The second-order valence-electron chi connectivity index (χ2n) is 4.50. The number of benzene rings is 1. The largest absolute Gasteiger partial charge is 0.479 e. The highest BCUT2D eigenvalue weighted by Crippen LogP contribution is 2.31. The van der Waals surface area contributed by atoms with E-state index in [9.17, 15) is 0 Å². The van der Waals surface area contributed by atoms with Crippen molar-refractivity contribution in [3.05, 3.63) is 29.8 Å². The quantitative estimate of drug-likeness (QED) is 0.732. The van der Waals surface area contributed by atoms with E-state index >= 15 is 0 Å². The van der Waals surface area contributed by atoms with Gasteiger partial charge in [0.25, 0.3) is 0 Å². The van der Waals surface area contributed by atoms with Crippen molar-refractivity contribution in [1.29, 1.82) is 5.26 Å². The van der Waals surface area contributed by atoms with Gasteiger partial charge in [0.1, 0.15) is 11.8 Å². The summed E-state index contributed by atoms with van der Waals surface area (Å²) < 4.78 is 5.26. The van der Waals surface area contributed by atoms with Crippen molar-refractivity contribution in [3.8, 4) is 11.8 Å². The molecule has 1 aromatic rings. The molecule has 0 saturated heterocycles. The van der Waals surface area contributed by atoms with Crippen molar-refractivity contribution in [1.82, 2.24) is 5.32 Å². The van der Waals surface area contributed by atoms with Crippen LogP contribution in [0.15, 0.2) is 24.3 Å². The number of hydrogen-bond acceptors (Lipinski definition) is 3. The van der Waals surface area contributed by atoms with E-state index in [0.29, 0.717) is 0 Å². The van der Waals surface area contributed by atoms with Crippen molar-refractivity contribution >= 4 is 0 Å². The minimum absolute atomic E-state index is 0.110. The number of rotatable bonds is 7. The summed E-state index contributed by atoms with van der Waals surface area (Å²) in [6, 6.07) is 9.87. The maximum Gasteiger partial charge on any atom is 0.174 e. The Kier molecular flexibility index (Phi) is 4.40. The predicted octanol–water partition coefficient (Wildman–Crippen LogP) is 2.48. The molecule has 1 aliphatic carbocycles. The van der Waals surface area contributed by atoms with Crippen LogP contribution < -0.4 is 10.1 Å².